The van der Waals surface area contributed by atoms with Crippen LogP contribution in [0, 0.1) is 0 Å². The first-order valence-corrected chi connectivity index (χ1v) is 12.0. The molecule has 174 valence electrons. The number of hydrogen-bond donors (Lipinski definition) is 2. The first-order valence-electron chi connectivity index (χ1n) is 9.63. The molecule has 2 amide bonds. The Morgan fingerprint density at radius 2 is 1.88 bits per heavy atom. The van der Waals surface area contributed by atoms with Crippen LogP contribution in [0.5, 0.6) is 0 Å². The fourth-order valence-electron chi connectivity index (χ4n) is 2.70. The summed E-state index contributed by atoms with van der Waals surface area (Å²) in [5.74, 6) is -1.36. The van der Waals surface area contributed by atoms with Gasteiger partial charge in [0.2, 0.25) is 0 Å². The molecule has 0 atom stereocenters. The molecule has 3 rings (SSSR count). The molecule has 2 aromatic heterocycles. The van der Waals surface area contributed by atoms with Gasteiger partial charge in [-0.1, -0.05) is 18.2 Å². The van der Waals surface area contributed by atoms with Gasteiger partial charge in [-0.2, -0.15) is 4.72 Å². The summed E-state index contributed by atoms with van der Waals surface area (Å²) in [6.07, 6.45) is 1.50. The molecule has 1 aromatic carbocycles. The smallest absolute Gasteiger partial charge is 0.321 e. The fourth-order valence-corrected chi connectivity index (χ4v) is 4.71. The van der Waals surface area contributed by atoms with Crippen molar-refractivity contribution in [3.8, 4) is 0 Å². The number of benzene rings is 1. The lowest BCUT2D eigenvalue weighted by Crippen LogP contribution is -2.35. The summed E-state index contributed by atoms with van der Waals surface area (Å²) in [6.45, 7) is -1.07. The van der Waals surface area contributed by atoms with Crippen LogP contribution in [0.25, 0.3) is 0 Å². The third-order valence-corrected chi connectivity index (χ3v) is 7.21. The van der Waals surface area contributed by atoms with Crippen LogP contribution in [0.15, 0.2) is 68.8 Å². The van der Waals surface area contributed by atoms with Gasteiger partial charge in [0.15, 0.2) is 6.61 Å². The summed E-state index contributed by atoms with van der Waals surface area (Å²) in [4.78, 5) is 38.2. The lowest BCUT2D eigenvalue weighted by atomic mass is 10.1. The number of esters is 1. The van der Waals surface area contributed by atoms with Crippen molar-refractivity contribution in [2.75, 3.05) is 25.1 Å². The molecule has 0 fully saturated rings. The highest BCUT2D eigenvalue weighted by Gasteiger charge is 2.21. The zero-order valence-electron chi connectivity index (χ0n) is 17.5. The monoisotopic (exact) mass is 491 g/mol. The van der Waals surface area contributed by atoms with Gasteiger partial charge in [0.25, 0.3) is 21.8 Å². The van der Waals surface area contributed by atoms with Crippen LogP contribution < -0.4 is 14.9 Å². The number of rotatable bonds is 10. The zero-order valence-corrected chi connectivity index (χ0v) is 19.1. The number of para-hydroxylation sites is 1. The predicted octanol–water partition coefficient (Wildman–Crippen LogP) is 1.76. The van der Waals surface area contributed by atoms with E-state index in [1.54, 1.807) is 47.8 Å². The number of carbonyl (C=O) groups is 3. The average Bonchev–Trinajstić information content (AvgIpc) is 3.54. The first-order chi connectivity index (χ1) is 15.8. The maximum Gasteiger partial charge on any atom is 0.321 e. The molecule has 3 aromatic rings. The van der Waals surface area contributed by atoms with Crippen LogP contribution in [-0.2, 0) is 30.9 Å². The van der Waals surface area contributed by atoms with E-state index in [0.29, 0.717) is 11.4 Å². The van der Waals surface area contributed by atoms with E-state index in [0.717, 1.165) is 11.3 Å². The van der Waals surface area contributed by atoms with Crippen molar-refractivity contribution in [3.63, 3.8) is 0 Å². The second kappa shape index (κ2) is 10.9. The predicted molar refractivity (Wildman–Crippen MR) is 120 cm³/mol. The van der Waals surface area contributed by atoms with Crippen LogP contribution in [0.1, 0.15) is 16.1 Å². The number of anilines is 1. The van der Waals surface area contributed by atoms with E-state index in [2.05, 4.69) is 10.0 Å². The topological polar surface area (TPSA) is 135 Å². The standard InChI is InChI=1S/C21H21N3O7S2/c1-24(17-8-3-2-7-16(17)21(27)22-12-15-6-4-10-30-15)18(25)14-31-19(26)13-23-33(28,29)20-9-5-11-32-20/h2-11,23H,12-14H2,1H3,(H,22,27). The highest BCUT2D eigenvalue weighted by molar-refractivity contribution is 7.91. The summed E-state index contributed by atoms with van der Waals surface area (Å²) < 4.78 is 36.3. The van der Waals surface area contributed by atoms with E-state index in [1.807, 2.05) is 0 Å². The molecule has 2 N–H and O–H groups in total. The van der Waals surface area contributed by atoms with Crippen LogP contribution in [0.4, 0.5) is 5.69 Å². The molecule has 2 heterocycles. The third-order valence-electron chi connectivity index (χ3n) is 4.41. The summed E-state index contributed by atoms with van der Waals surface area (Å²) in [5, 5.41) is 4.30. The van der Waals surface area contributed by atoms with E-state index in [-0.39, 0.29) is 16.3 Å². The minimum Gasteiger partial charge on any atom is -0.467 e. The second-order valence-corrected chi connectivity index (χ2v) is 9.59. The Bertz CT molecular complexity index is 1210. The van der Waals surface area contributed by atoms with Gasteiger partial charge < -0.3 is 19.4 Å². The number of sulfonamides is 1. The molecule has 0 aliphatic rings. The van der Waals surface area contributed by atoms with Crippen molar-refractivity contribution in [3.05, 3.63) is 71.5 Å². The molecule has 0 saturated carbocycles. The lowest BCUT2D eigenvalue weighted by molar-refractivity contribution is -0.146. The number of furan rings is 1. The minimum absolute atomic E-state index is 0.0630. The van der Waals surface area contributed by atoms with Crippen molar-refractivity contribution in [2.24, 2.45) is 0 Å². The van der Waals surface area contributed by atoms with Crippen molar-refractivity contribution in [2.45, 2.75) is 10.8 Å². The van der Waals surface area contributed by atoms with Crippen LogP contribution in [0.3, 0.4) is 0 Å². The van der Waals surface area contributed by atoms with Gasteiger partial charge in [-0.15, -0.1) is 11.3 Å². The van der Waals surface area contributed by atoms with Gasteiger partial charge in [-0.05, 0) is 35.7 Å². The number of hydrogen-bond acceptors (Lipinski definition) is 8. The SMILES string of the molecule is CN(C(=O)COC(=O)CNS(=O)(=O)c1cccs1)c1ccccc1C(=O)NCc1ccco1. The molecule has 12 heteroatoms. The summed E-state index contributed by atoms with van der Waals surface area (Å²) in [5.41, 5.74) is 0.559. The largest absolute Gasteiger partial charge is 0.467 e. The van der Waals surface area contributed by atoms with Crippen LogP contribution >= 0.6 is 11.3 Å². The van der Waals surface area contributed by atoms with E-state index >= 15 is 0 Å². The van der Waals surface area contributed by atoms with Gasteiger partial charge in [0.05, 0.1) is 24.1 Å². The number of nitrogens with zero attached hydrogens (tertiary/aromatic N) is 1. The van der Waals surface area contributed by atoms with Crippen molar-refractivity contribution >= 4 is 44.8 Å². The van der Waals surface area contributed by atoms with Crippen molar-refractivity contribution in [1.82, 2.24) is 10.0 Å². The summed E-state index contributed by atoms with van der Waals surface area (Å²) >= 11 is 1.01. The lowest BCUT2D eigenvalue weighted by Gasteiger charge is -2.20. The first kappa shape index (κ1) is 24.2. The van der Waals surface area contributed by atoms with Crippen molar-refractivity contribution < 1.29 is 32.0 Å². The molecule has 33 heavy (non-hydrogen) atoms. The molecule has 0 aliphatic carbocycles. The van der Waals surface area contributed by atoms with Crippen LogP contribution in [0.2, 0.25) is 0 Å². The Hall–Kier alpha value is -3.48. The fraction of sp³-hybridized carbons (Fsp3) is 0.190. The Labute approximate surface area is 194 Å². The van der Waals surface area contributed by atoms with E-state index in [4.69, 9.17) is 9.15 Å². The number of likely N-dealkylation sites (N-methyl/N-ethyl adjacent to an activating group) is 1. The quantitative estimate of drug-likeness (QED) is 0.413. The molecule has 0 spiro atoms. The normalized spacial score (nSPS) is 11.1. The molecular weight excluding hydrogens is 470 g/mol. The highest BCUT2D eigenvalue weighted by Crippen LogP contribution is 2.20. The van der Waals surface area contributed by atoms with Gasteiger partial charge >= 0.3 is 5.97 Å². The molecule has 0 bridgehead atoms. The molecular formula is C21H21N3O7S2. The maximum absolute atomic E-state index is 12.6. The summed E-state index contributed by atoms with van der Waals surface area (Å²) in [6, 6.07) is 12.9. The number of nitrogens with one attached hydrogen (secondary N) is 2. The number of ether oxygens (including phenoxy) is 1. The average molecular weight is 492 g/mol. The molecule has 0 aliphatic heterocycles. The zero-order chi connectivity index (χ0) is 23.8. The van der Waals surface area contributed by atoms with Gasteiger partial charge in [-0.25, -0.2) is 8.42 Å². The Kier molecular flexibility index (Phi) is 7.98. The molecule has 0 unspecified atom stereocenters. The maximum atomic E-state index is 12.6. The molecule has 0 saturated heterocycles. The molecule has 10 nitrogen and oxygen atoms in total. The number of carbonyl (C=O) groups excluding carboxylic acids is 3. The molecule has 0 radical (unpaired) electrons. The Morgan fingerprint density at radius 3 is 2.58 bits per heavy atom. The number of thiophene rings is 1. The van der Waals surface area contributed by atoms with Crippen LogP contribution in [-0.4, -0.2) is 46.4 Å². The highest BCUT2D eigenvalue weighted by atomic mass is 32.2. The minimum atomic E-state index is -3.83. The van der Waals surface area contributed by atoms with Gasteiger partial charge in [0, 0.05) is 7.05 Å². The van der Waals surface area contributed by atoms with Crippen molar-refractivity contribution in [1.29, 1.82) is 0 Å². The summed E-state index contributed by atoms with van der Waals surface area (Å²) in [7, 11) is -2.39. The third kappa shape index (κ3) is 6.51. The Morgan fingerprint density at radius 1 is 1.09 bits per heavy atom. The Balaban J connectivity index is 1.54. The van der Waals surface area contributed by atoms with Gasteiger partial charge in [-0.3, -0.25) is 14.4 Å². The van der Waals surface area contributed by atoms with Gasteiger partial charge in [0.1, 0.15) is 16.5 Å². The van der Waals surface area contributed by atoms with E-state index < -0.39 is 41.0 Å². The second-order valence-electron chi connectivity index (χ2n) is 6.65. The van der Waals surface area contributed by atoms with E-state index in [9.17, 15) is 22.8 Å². The van der Waals surface area contributed by atoms with E-state index in [1.165, 1.54) is 24.3 Å². The number of amides is 2.